The number of halogens is 1. The van der Waals surface area contributed by atoms with Crippen molar-refractivity contribution in [1.29, 1.82) is 0 Å². The van der Waals surface area contributed by atoms with Gasteiger partial charge < -0.3 is 9.72 Å². The Hall–Kier alpha value is -3.24. The first-order valence-corrected chi connectivity index (χ1v) is 10.6. The molecule has 29 heavy (non-hydrogen) atoms. The Morgan fingerprint density at radius 3 is 2.55 bits per heavy atom. The molecule has 0 unspecified atom stereocenters. The van der Waals surface area contributed by atoms with E-state index in [0.29, 0.717) is 22.3 Å². The molecule has 0 saturated carbocycles. The monoisotopic (exact) mass is 431 g/mol. The Balaban J connectivity index is 1.92. The molecule has 148 valence electrons. The molecule has 0 aliphatic carbocycles. The molecule has 0 aliphatic heterocycles. The second-order valence-electron chi connectivity index (χ2n) is 6.12. The van der Waals surface area contributed by atoms with E-state index in [1.54, 1.807) is 7.05 Å². The van der Waals surface area contributed by atoms with Gasteiger partial charge in [-0.3, -0.25) is 4.79 Å². The van der Waals surface area contributed by atoms with Gasteiger partial charge in [0.15, 0.2) is 11.4 Å². The van der Waals surface area contributed by atoms with Crippen molar-refractivity contribution >= 4 is 30.8 Å². The normalized spacial score (nSPS) is 11.7. The summed E-state index contributed by atoms with van der Waals surface area (Å²) in [4.78, 5) is 23.9. The van der Waals surface area contributed by atoms with Crippen LogP contribution in [0.3, 0.4) is 0 Å². The van der Waals surface area contributed by atoms with Crippen molar-refractivity contribution in [1.82, 2.24) is 24.7 Å². The molecule has 0 spiro atoms. The number of hydrogen-bond donors (Lipinski definition) is 1. The standard InChI is InChI=1S/C18H14ClN5O4S/c1-24-16-13(14(23-24)10-6-4-3-5-7-10)17(25)22-15(21-16)11-8-12(28-2)18(20-9-11)29(19,26)27/h3-9H,1-2H3,(H,21,22,25). The summed E-state index contributed by atoms with van der Waals surface area (Å²) in [6.07, 6.45) is 1.25. The Morgan fingerprint density at radius 2 is 1.90 bits per heavy atom. The van der Waals surface area contributed by atoms with Crippen LogP contribution in [0.25, 0.3) is 33.7 Å². The molecular weight excluding hydrogens is 418 g/mol. The Morgan fingerprint density at radius 1 is 1.17 bits per heavy atom. The average Bonchev–Trinajstić information content (AvgIpc) is 3.04. The van der Waals surface area contributed by atoms with Gasteiger partial charge in [-0.15, -0.1) is 0 Å². The highest BCUT2D eigenvalue weighted by Crippen LogP contribution is 2.29. The van der Waals surface area contributed by atoms with Gasteiger partial charge in [0, 0.05) is 35.1 Å². The van der Waals surface area contributed by atoms with Crippen LogP contribution in [0.2, 0.25) is 0 Å². The van der Waals surface area contributed by atoms with Crippen LogP contribution < -0.4 is 10.3 Å². The number of pyridine rings is 1. The molecule has 4 aromatic rings. The number of nitrogens with one attached hydrogen (secondary N) is 1. The highest BCUT2D eigenvalue weighted by Gasteiger charge is 2.21. The summed E-state index contributed by atoms with van der Waals surface area (Å²) in [5.74, 6) is 0.129. The summed E-state index contributed by atoms with van der Waals surface area (Å²) in [7, 11) is 4.26. The number of aromatic amines is 1. The molecule has 3 aromatic heterocycles. The number of methoxy groups -OCH3 is 1. The number of hydrogen-bond acceptors (Lipinski definition) is 7. The minimum absolute atomic E-state index is 0.0600. The van der Waals surface area contributed by atoms with Crippen LogP contribution in [0.15, 0.2) is 52.4 Å². The van der Waals surface area contributed by atoms with E-state index >= 15 is 0 Å². The number of aryl methyl sites for hydroxylation is 1. The molecule has 0 fully saturated rings. The Bertz CT molecular complexity index is 1400. The number of H-pyrrole nitrogens is 1. The smallest absolute Gasteiger partial charge is 0.282 e. The van der Waals surface area contributed by atoms with Crippen LogP contribution in [0, 0.1) is 0 Å². The summed E-state index contributed by atoms with van der Waals surface area (Å²) in [5.41, 5.74) is 1.65. The van der Waals surface area contributed by atoms with E-state index in [0.717, 1.165) is 5.56 Å². The highest BCUT2D eigenvalue weighted by molar-refractivity contribution is 8.13. The van der Waals surface area contributed by atoms with Crippen molar-refractivity contribution in [3.05, 3.63) is 52.9 Å². The van der Waals surface area contributed by atoms with Gasteiger partial charge in [-0.05, 0) is 6.07 Å². The third-order valence-electron chi connectivity index (χ3n) is 4.28. The molecule has 11 heteroatoms. The fourth-order valence-corrected chi connectivity index (χ4v) is 3.89. The highest BCUT2D eigenvalue weighted by atomic mass is 35.7. The van der Waals surface area contributed by atoms with Crippen molar-refractivity contribution in [2.24, 2.45) is 7.05 Å². The summed E-state index contributed by atoms with van der Waals surface area (Å²) < 4.78 is 29.8. The first-order chi connectivity index (χ1) is 13.8. The topological polar surface area (TPSA) is 120 Å². The van der Waals surface area contributed by atoms with Crippen LogP contribution in [-0.2, 0) is 16.1 Å². The lowest BCUT2D eigenvalue weighted by Gasteiger charge is -2.07. The zero-order valence-corrected chi connectivity index (χ0v) is 16.8. The lowest BCUT2D eigenvalue weighted by molar-refractivity contribution is 0.399. The molecule has 4 rings (SSSR count). The lowest BCUT2D eigenvalue weighted by atomic mass is 10.1. The van der Waals surface area contributed by atoms with E-state index in [-0.39, 0.29) is 17.1 Å². The maximum absolute atomic E-state index is 12.8. The van der Waals surface area contributed by atoms with Crippen molar-refractivity contribution in [2.45, 2.75) is 5.03 Å². The molecule has 0 bridgehead atoms. The largest absolute Gasteiger partial charge is 0.494 e. The van der Waals surface area contributed by atoms with Crippen molar-refractivity contribution in [3.63, 3.8) is 0 Å². The number of ether oxygens (including phenoxy) is 1. The Kier molecular flexibility index (Phi) is 4.59. The molecule has 0 aliphatic rings. The van der Waals surface area contributed by atoms with Crippen molar-refractivity contribution < 1.29 is 13.2 Å². The quantitative estimate of drug-likeness (QED) is 0.492. The SMILES string of the molecule is COc1cc(-c2nc3c(c(-c4ccccc4)nn3C)c(=O)[nH]2)cnc1S(=O)(=O)Cl. The Labute approximate surface area is 169 Å². The molecule has 1 aromatic carbocycles. The summed E-state index contributed by atoms with van der Waals surface area (Å²) >= 11 is 0. The predicted octanol–water partition coefficient (Wildman–Crippen LogP) is 2.32. The van der Waals surface area contributed by atoms with E-state index in [2.05, 4.69) is 20.1 Å². The van der Waals surface area contributed by atoms with E-state index < -0.39 is 14.1 Å². The number of nitrogens with zero attached hydrogens (tertiary/aromatic N) is 4. The summed E-state index contributed by atoms with van der Waals surface area (Å²) in [5, 5.41) is 4.37. The first kappa shape index (κ1) is 19.1. The van der Waals surface area contributed by atoms with Gasteiger partial charge in [0.2, 0.25) is 5.03 Å². The van der Waals surface area contributed by atoms with E-state index in [9.17, 15) is 13.2 Å². The fourth-order valence-electron chi connectivity index (χ4n) is 2.98. The zero-order valence-electron chi connectivity index (χ0n) is 15.2. The van der Waals surface area contributed by atoms with Crippen LogP contribution in [0.5, 0.6) is 5.75 Å². The van der Waals surface area contributed by atoms with Crippen LogP contribution in [0.4, 0.5) is 0 Å². The third-order valence-corrected chi connectivity index (χ3v) is 5.49. The van der Waals surface area contributed by atoms with Crippen molar-refractivity contribution in [3.8, 4) is 28.4 Å². The molecule has 9 nitrogen and oxygen atoms in total. The third kappa shape index (κ3) is 3.36. The minimum Gasteiger partial charge on any atom is -0.494 e. The van der Waals surface area contributed by atoms with Crippen LogP contribution in [-0.4, -0.2) is 40.3 Å². The van der Waals surface area contributed by atoms with Crippen LogP contribution >= 0.6 is 10.7 Å². The molecule has 1 N–H and O–H groups in total. The fraction of sp³-hybridized carbons (Fsp3) is 0.111. The molecule has 0 radical (unpaired) electrons. The van der Waals surface area contributed by atoms with Gasteiger partial charge in [0.1, 0.15) is 16.9 Å². The van der Waals surface area contributed by atoms with Crippen LogP contribution in [0.1, 0.15) is 0 Å². The number of aromatic nitrogens is 5. The van der Waals surface area contributed by atoms with E-state index in [4.69, 9.17) is 15.4 Å². The molecule has 0 atom stereocenters. The summed E-state index contributed by atoms with van der Waals surface area (Å²) in [6.45, 7) is 0. The van der Waals surface area contributed by atoms with E-state index in [1.807, 2.05) is 30.3 Å². The number of rotatable bonds is 4. The molecular formula is C18H14ClN5O4S. The first-order valence-electron chi connectivity index (χ1n) is 8.31. The minimum atomic E-state index is -4.09. The molecule has 0 saturated heterocycles. The average molecular weight is 432 g/mol. The van der Waals surface area contributed by atoms with Gasteiger partial charge in [-0.25, -0.2) is 23.1 Å². The van der Waals surface area contributed by atoms with Gasteiger partial charge in [0.25, 0.3) is 14.6 Å². The van der Waals surface area contributed by atoms with E-state index in [1.165, 1.54) is 24.1 Å². The van der Waals surface area contributed by atoms with Gasteiger partial charge >= 0.3 is 0 Å². The number of fused-ring (bicyclic) bond motifs is 1. The second-order valence-corrected chi connectivity index (χ2v) is 8.60. The van der Waals surface area contributed by atoms with Crippen molar-refractivity contribution in [2.75, 3.05) is 7.11 Å². The maximum Gasteiger partial charge on any atom is 0.282 e. The lowest BCUT2D eigenvalue weighted by Crippen LogP contribution is -2.11. The van der Waals surface area contributed by atoms with Gasteiger partial charge in [-0.1, -0.05) is 30.3 Å². The summed E-state index contributed by atoms with van der Waals surface area (Å²) in [6, 6.07) is 10.7. The zero-order chi connectivity index (χ0) is 20.8. The molecule has 3 heterocycles. The van der Waals surface area contributed by atoms with Gasteiger partial charge in [-0.2, -0.15) is 5.10 Å². The van der Waals surface area contributed by atoms with Gasteiger partial charge in [0.05, 0.1) is 7.11 Å². The number of benzene rings is 1. The predicted molar refractivity (Wildman–Crippen MR) is 107 cm³/mol. The second kappa shape index (κ2) is 6.98. The molecule has 0 amide bonds. The maximum atomic E-state index is 12.8.